The lowest BCUT2D eigenvalue weighted by atomic mass is 10.1. The predicted molar refractivity (Wildman–Crippen MR) is 77.6 cm³/mol. The van der Waals surface area contributed by atoms with Crippen molar-refractivity contribution in [1.29, 1.82) is 0 Å². The number of carbonyl (C=O) groups excluding carboxylic acids is 1. The Balaban J connectivity index is 2.24. The Morgan fingerprint density at radius 3 is 2.61 bits per heavy atom. The van der Waals surface area contributed by atoms with Crippen LogP contribution in [0.4, 0.5) is 5.69 Å². The monoisotopic (exact) mass is 325 g/mol. The number of hydrogen-bond acceptors (Lipinski definition) is 3. The lowest BCUT2D eigenvalue weighted by Gasteiger charge is -2.10. The lowest BCUT2D eigenvalue weighted by molar-refractivity contribution is 0.102. The highest BCUT2D eigenvalue weighted by Gasteiger charge is 2.11. The number of thiophene rings is 1. The molecule has 0 aliphatic rings. The third-order valence-corrected chi connectivity index (χ3v) is 4.13. The highest BCUT2D eigenvalue weighted by molar-refractivity contribution is 9.11. The summed E-state index contributed by atoms with van der Waals surface area (Å²) in [4.78, 5) is 12.0. The molecule has 2 aromatic rings. The molecule has 94 valence electrons. The zero-order valence-electron chi connectivity index (χ0n) is 9.95. The van der Waals surface area contributed by atoms with Crippen molar-refractivity contribution in [3.8, 4) is 5.75 Å². The summed E-state index contributed by atoms with van der Waals surface area (Å²) in [5, 5.41) is 14.2. The molecule has 1 aromatic carbocycles. The van der Waals surface area contributed by atoms with Gasteiger partial charge in [-0.15, -0.1) is 11.3 Å². The minimum absolute atomic E-state index is 0.148. The number of hydrogen-bond donors (Lipinski definition) is 2. The molecule has 0 spiro atoms. The van der Waals surface area contributed by atoms with Crippen molar-refractivity contribution in [2.45, 2.75) is 13.8 Å². The van der Waals surface area contributed by atoms with Gasteiger partial charge in [0.1, 0.15) is 5.75 Å². The van der Waals surface area contributed by atoms with E-state index in [1.54, 1.807) is 30.5 Å². The Morgan fingerprint density at radius 1 is 1.28 bits per heavy atom. The molecule has 0 fully saturated rings. The zero-order chi connectivity index (χ0) is 13.3. The van der Waals surface area contributed by atoms with Crippen LogP contribution in [0.15, 0.2) is 27.4 Å². The SMILES string of the molecule is Cc1cc(NC(=O)c2csc(Br)c2)c(C)cc1O. The van der Waals surface area contributed by atoms with Gasteiger partial charge in [0.05, 0.1) is 9.35 Å². The van der Waals surface area contributed by atoms with E-state index in [1.165, 1.54) is 11.3 Å². The molecule has 1 heterocycles. The maximum absolute atomic E-state index is 12.0. The molecular weight excluding hydrogens is 314 g/mol. The van der Waals surface area contributed by atoms with Crippen molar-refractivity contribution < 1.29 is 9.90 Å². The normalized spacial score (nSPS) is 10.4. The number of rotatable bonds is 2. The third kappa shape index (κ3) is 2.73. The van der Waals surface area contributed by atoms with Crippen molar-refractivity contribution in [3.63, 3.8) is 0 Å². The van der Waals surface area contributed by atoms with E-state index < -0.39 is 0 Å². The second kappa shape index (κ2) is 5.12. The number of phenolic OH excluding ortho intramolecular Hbond substituents is 1. The Labute approximate surface area is 118 Å². The molecule has 5 heteroatoms. The van der Waals surface area contributed by atoms with Crippen molar-refractivity contribution in [2.24, 2.45) is 0 Å². The number of benzene rings is 1. The van der Waals surface area contributed by atoms with Crippen molar-refractivity contribution >= 4 is 38.9 Å². The van der Waals surface area contributed by atoms with Gasteiger partial charge in [-0.2, -0.15) is 0 Å². The number of anilines is 1. The smallest absolute Gasteiger partial charge is 0.256 e. The minimum atomic E-state index is -0.148. The molecule has 2 rings (SSSR count). The molecule has 1 aromatic heterocycles. The topological polar surface area (TPSA) is 49.3 Å². The molecule has 0 aliphatic heterocycles. The molecule has 0 aliphatic carbocycles. The maximum Gasteiger partial charge on any atom is 0.256 e. The van der Waals surface area contributed by atoms with E-state index in [2.05, 4.69) is 21.2 Å². The van der Waals surface area contributed by atoms with E-state index in [-0.39, 0.29) is 11.7 Å². The van der Waals surface area contributed by atoms with E-state index in [9.17, 15) is 9.90 Å². The van der Waals surface area contributed by atoms with Gasteiger partial charge < -0.3 is 10.4 Å². The first-order valence-electron chi connectivity index (χ1n) is 5.33. The fourth-order valence-electron chi connectivity index (χ4n) is 1.56. The second-order valence-electron chi connectivity index (χ2n) is 4.05. The summed E-state index contributed by atoms with van der Waals surface area (Å²) in [5.41, 5.74) is 2.91. The van der Waals surface area contributed by atoms with Crippen LogP contribution in [0.1, 0.15) is 21.5 Å². The Kier molecular flexibility index (Phi) is 3.73. The van der Waals surface area contributed by atoms with Crippen LogP contribution in [-0.4, -0.2) is 11.0 Å². The molecule has 0 unspecified atom stereocenters. The average molecular weight is 326 g/mol. The molecule has 1 amide bonds. The number of amides is 1. The quantitative estimate of drug-likeness (QED) is 0.817. The van der Waals surface area contributed by atoms with Gasteiger partial charge in [-0.25, -0.2) is 0 Å². The van der Waals surface area contributed by atoms with Crippen LogP contribution in [0, 0.1) is 13.8 Å². The van der Waals surface area contributed by atoms with Crippen LogP contribution in [0.3, 0.4) is 0 Å². The Hall–Kier alpha value is -1.33. The van der Waals surface area contributed by atoms with Crippen LogP contribution in [0.2, 0.25) is 0 Å². The molecule has 0 saturated heterocycles. The van der Waals surface area contributed by atoms with Crippen LogP contribution in [-0.2, 0) is 0 Å². The van der Waals surface area contributed by atoms with Gasteiger partial charge in [0.15, 0.2) is 0 Å². The number of nitrogens with one attached hydrogen (secondary N) is 1. The average Bonchev–Trinajstić information content (AvgIpc) is 2.73. The number of aromatic hydroxyl groups is 1. The molecule has 0 bridgehead atoms. The Morgan fingerprint density at radius 2 is 2.00 bits per heavy atom. The maximum atomic E-state index is 12.0. The predicted octanol–water partition coefficient (Wildman–Crippen LogP) is 4.09. The molecule has 2 N–H and O–H groups in total. The highest BCUT2D eigenvalue weighted by atomic mass is 79.9. The Bertz CT molecular complexity index is 607. The number of halogens is 1. The van der Waals surface area contributed by atoms with E-state index >= 15 is 0 Å². The number of carbonyl (C=O) groups is 1. The summed E-state index contributed by atoms with van der Waals surface area (Å²) in [5.74, 6) is 0.0916. The molecule has 3 nitrogen and oxygen atoms in total. The summed E-state index contributed by atoms with van der Waals surface area (Å²) in [6.07, 6.45) is 0. The largest absolute Gasteiger partial charge is 0.508 e. The van der Waals surface area contributed by atoms with Crippen LogP contribution in [0.25, 0.3) is 0 Å². The van der Waals surface area contributed by atoms with E-state index in [1.807, 2.05) is 6.92 Å². The first-order valence-corrected chi connectivity index (χ1v) is 7.00. The fraction of sp³-hybridized carbons (Fsp3) is 0.154. The van der Waals surface area contributed by atoms with E-state index in [4.69, 9.17) is 0 Å². The molecule has 18 heavy (non-hydrogen) atoms. The highest BCUT2D eigenvalue weighted by Crippen LogP contribution is 2.26. The molecule has 0 radical (unpaired) electrons. The summed E-state index contributed by atoms with van der Waals surface area (Å²) in [7, 11) is 0. The first-order chi connectivity index (χ1) is 8.47. The van der Waals surface area contributed by atoms with Crippen molar-refractivity contribution in [2.75, 3.05) is 5.32 Å². The van der Waals surface area contributed by atoms with E-state index in [0.29, 0.717) is 5.56 Å². The first kappa shape index (κ1) is 13.1. The van der Waals surface area contributed by atoms with Gasteiger partial charge in [0, 0.05) is 11.1 Å². The van der Waals surface area contributed by atoms with Crippen LogP contribution >= 0.6 is 27.3 Å². The second-order valence-corrected chi connectivity index (χ2v) is 6.34. The fourth-order valence-corrected chi connectivity index (χ4v) is 2.70. The molecular formula is C13H12BrNO2S. The molecule has 0 atom stereocenters. The summed E-state index contributed by atoms with van der Waals surface area (Å²) in [6, 6.07) is 5.20. The number of aryl methyl sites for hydroxylation is 2. The van der Waals surface area contributed by atoms with Crippen molar-refractivity contribution in [3.05, 3.63) is 44.1 Å². The lowest BCUT2D eigenvalue weighted by Crippen LogP contribution is -2.11. The van der Waals surface area contributed by atoms with Gasteiger partial charge in [-0.05, 0) is 59.1 Å². The summed E-state index contributed by atoms with van der Waals surface area (Å²) < 4.78 is 0.922. The van der Waals surface area contributed by atoms with Crippen molar-refractivity contribution in [1.82, 2.24) is 0 Å². The third-order valence-electron chi connectivity index (χ3n) is 2.62. The zero-order valence-corrected chi connectivity index (χ0v) is 12.4. The van der Waals surface area contributed by atoms with Gasteiger partial charge in [0.25, 0.3) is 5.91 Å². The van der Waals surface area contributed by atoms with Crippen LogP contribution < -0.4 is 5.32 Å². The van der Waals surface area contributed by atoms with Gasteiger partial charge >= 0.3 is 0 Å². The number of phenols is 1. The summed E-state index contributed by atoms with van der Waals surface area (Å²) >= 11 is 4.80. The molecule has 0 saturated carbocycles. The summed E-state index contributed by atoms with van der Waals surface area (Å²) in [6.45, 7) is 3.64. The standard InChI is InChI=1S/C13H12BrNO2S/c1-7-4-11(16)8(2)3-10(7)15-13(17)9-5-12(14)18-6-9/h3-6,16H,1-2H3,(H,15,17). The van der Waals surface area contributed by atoms with Gasteiger partial charge in [-0.3, -0.25) is 4.79 Å². The minimum Gasteiger partial charge on any atom is -0.508 e. The van der Waals surface area contributed by atoms with Gasteiger partial charge in [-0.1, -0.05) is 0 Å². The van der Waals surface area contributed by atoms with Crippen LogP contribution in [0.5, 0.6) is 5.75 Å². The van der Waals surface area contributed by atoms with Gasteiger partial charge in [0.2, 0.25) is 0 Å². The van der Waals surface area contributed by atoms with E-state index in [0.717, 1.165) is 20.6 Å².